The summed E-state index contributed by atoms with van der Waals surface area (Å²) in [4.78, 5) is 14.5. The van der Waals surface area contributed by atoms with Crippen molar-refractivity contribution in [1.29, 1.82) is 0 Å². The molecule has 0 spiro atoms. The lowest BCUT2D eigenvalue weighted by molar-refractivity contribution is -0.121. The van der Waals surface area contributed by atoms with E-state index in [4.69, 9.17) is 5.73 Å². The number of carbonyl (C=O) groups is 1. The first-order valence-electron chi connectivity index (χ1n) is 7.41. The average molecular weight is 273 g/mol. The Morgan fingerprint density at radius 1 is 1.40 bits per heavy atom. The summed E-state index contributed by atoms with van der Waals surface area (Å²) in [6, 6.07) is 9.13. The van der Waals surface area contributed by atoms with Crippen molar-refractivity contribution in [2.45, 2.75) is 50.7 Å². The molecule has 4 heteroatoms. The van der Waals surface area contributed by atoms with Crippen LogP contribution in [0.2, 0.25) is 0 Å². The van der Waals surface area contributed by atoms with Crippen molar-refractivity contribution in [2.75, 3.05) is 11.9 Å². The van der Waals surface area contributed by atoms with Crippen LogP contribution in [-0.2, 0) is 4.79 Å². The molecule has 3 rings (SSSR count). The van der Waals surface area contributed by atoms with Gasteiger partial charge in [0.25, 0.3) is 0 Å². The van der Waals surface area contributed by atoms with Gasteiger partial charge in [0.15, 0.2) is 0 Å². The van der Waals surface area contributed by atoms with Crippen molar-refractivity contribution in [3.8, 4) is 0 Å². The fourth-order valence-electron chi connectivity index (χ4n) is 3.35. The van der Waals surface area contributed by atoms with Gasteiger partial charge in [-0.3, -0.25) is 9.69 Å². The van der Waals surface area contributed by atoms with Crippen molar-refractivity contribution >= 4 is 11.6 Å². The van der Waals surface area contributed by atoms with Crippen molar-refractivity contribution in [3.63, 3.8) is 0 Å². The second kappa shape index (κ2) is 4.77. The first-order chi connectivity index (χ1) is 9.52. The molecule has 20 heavy (non-hydrogen) atoms. The molecule has 2 atom stereocenters. The summed E-state index contributed by atoms with van der Waals surface area (Å²) in [5.74, 6) is -0.240. The molecule has 1 aliphatic heterocycles. The van der Waals surface area contributed by atoms with E-state index in [1.807, 2.05) is 31.2 Å². The molecule has 0 bridgehead atoms. The van der Waals surface area contributed by atoms with Gasteiger partial charge in [-0.2, -0.15) is 0 Å². The van der Waals surface area contributed by atoms with E-state index in [1.165, 1.54) is 12.8 Å². The van der Waals surface area contributed by atoms with E-state index in [2.05, 4.69) is 17.1 Å². The van der Waals surface area contributed by atoms with E-state index >= 15 is 0 Å². The van der Waals surface area contributed by atoms with Crippen LogP contribution < -0.4 is 11.1 Å². The van der Waals surface area contributed by atoms with Gasteiger partial charge in [0.2, 0.25) is 5.91 Å². The van der Waals surface area contributed by atoms with Crippen molar-refractivity contribution in [2.24, 2.45) is 5.73 Å². The minimum atomic E-state index is -0.631. The third-order valence-electron chi connectivity index (χ3n) is 4.67. The van der Waals surface area contributed by atoms with E-state index < -0.39 is 5.54 Å². The smallest absolute Gasteiger partial charge is 0.244 e. The number of amides is 1. The minimum Gasteiger partial charge on any atom is -0.370 e. The number of benzene rings is 1. The van der Waals surface area contributed by atoms with Crippen LogP contribution in [0.4, 0.5) is 5.69 Å². The molecule has 4 nitrogen and oxygen atoms in total. The first kappa shape index (κ1) is 13.4. The van der Waals surface area contributed by atoms with Crippen LogP contribution in [0.1, 0.15) is 31.7 Å². The summed E-state index contributed by atoms with van der Waals surface area (Å²) < 4.78 is 0. The molecule has 1 amide bonds. The lowest BCUT2D eigenvalue weighted by Gasteiger charge is -2.29. The molecule has 0 radical (unpaired) electrons. The van der Waals surface area contributed by atoms with Gasteiger partial charge in [-0.15, -0.1) is 0 Å². The first-order valence-corrected chi connectivity index (χ1v) is 7.41. The predicted octanol–water partition coefficient (Wildman–Crippen LogP) is 1.89. The molecule has 1 saturated heterocycles. The number of nitrogens with two attached hydrogens (primary N) is 1. The number of para-hydroxylation sites is 1. The fourth-order valence-corrected chi connectivity index (χ4v) is 3.35. The topological polar surface area (TPSA) is 58.4 Å². The number of hydrogen-bond acceptors (Lipinski definition) is 3. The Labute approximate surface area is 120 Å². The van der Waals surface area contributed by atoms with Crippen LogP contribution in [0, 0.1) is 6.92 Å². The number of rotatable bonds is 4. The molecule has 2 fully saturated rings. The summed E-state index contributed by atoms with van der Waals surface area (Å²) in [5.41, 5.74) is 7.27. The molecule has 1 aliphatic carbocycles. The number of hydrogen-bond donors (Lipinski definition) is 2. The summed E-state index contributed by atoms with van der Waals surface area (Å²) >= 11 is 0. The van der Waals surface area contributed by atoms with Crippen LogP contribution in [0.15, 0.2) is 24.3 Å². The highest BCUT2D eigenvalue weighted by Crippen LogP contribution is 2.38. The standard InChI is InChI=1S/C16H23N3O/c1-11-5-3-4-6-14(11)18-16(15(17)20)9-12(2)19(10-16)13-7-8-13/h3-6,12-13,18H,7-10H2,1-2H3,(H2,17,20). The largest absolute Gasteiger partial charge is 0.370 e. The maximum atomic E-state index is 12.1. The van der Waals surface area contributed by atoms with Crippen LogP contribution >= 0.6 is 0 Å². The van der Waals surface area contributed by atoms with Gasteiger partial charge < -0.3 is 11.1 Å². The van der Waals surface area contributed by atoms with E-state index in [9.17, 15) is 4.79 Å². The van der Waals surface area contributed by atoms with Crippen molar-refractivity contribution in [3.05, 3.63) is 29.8 Å². The molecular formula is C16H23N3O. The SMILES string of the molecule is Cc1ccccc1NC1(C(N)=O)CC(C)N(C2CC2)C1. The van der Waals surface area contributed by atoms with Crippen molar-refractivity contribution in [1.82, 2.24) is 4.90 Å². The van der Waals surface area contributed by atoms with Crippen molar-refractivity contribution < 1.29 is 4.79 Å². The summed E-state index contributed by atoms with van der Waals surface area (Å²) in [6.07, 6.45) is 3.29. The van der Waals surface area contributed by atoms with Gasteiger partial charge in [0.05, 0.1) is 0 Å². The monoisotopic (exact) mass is 273 g/mol. The van der Waals surface area contributed by atoms with Gasteiger partial charge >= 0.3 is 0 Å². The number of carbonyl (C=O) groups excluding carboxylic acids is 1. The summed E-state index contributed by atoms with van der Waals surface area (Å²) in [7, 11) is 0. The molecule has 0 aromatic heterocycles. The van der Waals surface area contributed by atoms with E-state index in [1.54, 1.807) is 0 Å². The molecule has 2 unspecified atom stereocenters. The Morgan fingerprint density at radius 2 is 2.10 bits per heavy atom. The molecular weight excluding hydrogens is 250 g/mol. The van der Waals surface area contributed by atoms with E-state index in [0.29, 0.717) is 12.1 Å². The zero-order valence-corrected chi connectivity index (χ0v) is 12.2. The summed E-state index contributed by atoms with van der Waals surface area (Å²) in [6.45, 7) is 4.97. The number of aryl methyl sites for hydroxylation is 1. The predicted molar refractivity (Wildman–Crippen MR) is 80.5 cm³/mol. The van der Waals surface area contributed by atoms with Crippen LogP contribution in [0.5, 0.6) is 0 Å². The second-order valence-electron chi connectivity index (χ2n) is 6.34. The molecule has 1 saturated carbocycles. The molecule has 2 aliphatic rings. The van der Waals surface area contributed by atoms with Gasteiger partial charge in [-0.1, -0.05) is 18.2 Å². The number of primary amides is 1. The lowest BCUT2D eigenvalue weighted by Crippen LogP contribution is -2.52. The quantitative estimate of drug-likeness (QED) is 0.880. The maximum Gasteiger partial charge on any atom is 0.244 e. The molecule has 3 N–H and O–H groups in total. The highest BCUT2D eigenvalue weighted by molar-refractivity contribution is 5.89. The number of nitrogens with zero attached hydrogens (tertiary/aromatic N) is 1. The lowest BCUT2D eigenvalue weighted by atomic mass is 9.94. The van der Waals surface area contributed by atoms with E-state index in [0.717, 1.165) is 24.2 Å². The number of anilines is 1. The van der Waals surface area contributed by atoms with Crippen LogP contribution in [0.3, 0.4) is 0 Å². The van der Waals surface area contributed by atoms with Crippen LogP contribution in [0.25, 0.3) is 0 Å². The fraction of sp³-hybridized carbons (Fsp3) is 0.562. The molecule has 1 aromatic rings. The number of nitrogens with one attached hydrogen (secondary N) is 1. The number of likely N-dealkylation sites (tertiary alicyclic amines) is 1. The molecule has 1 heterocycles. The zero-order valence-electron chi connectivity index (χ0n) is 12.2. The Kier molecular flexibility index (Phi) is 3.21. The summed E-state index contributed by atoms with van der Waals surface area (Å²) in [5, 5.41) is 3.45. The average Bonchev–Trinajstić information content (AvgIpc) is 3.17. The Balaban J connectivity index is 1.86. The van der Waals surface area contributed by atoms with Crippen LogP contribution in [-0.4, -0.2) is 35.0 Å². The van der Waals surface area contributed by atoms with Gasteiger partial charge in [-0.05, 0) is 44.7 Å². The van der Waals surface area contributed by atoms with Gasteiger partial charge in [0, 0.05) is 24.3 Å². The zero-order chi connectivity index (χ0) is 14.3. The normalized spacial score (nSPS) is 30.4. The third-order valence-corrected chi connectivity index (χ3v) is 4.67. The minimum absolute atomic E-state index is 0.240. The maximum absolute atomic E-state index is 12.1. The third kappa shape index (κ3) is 2.29. The molecule has 108 valence electrons. The molecule has 1 aromatic carbocycles. The Hall–Kier alpha value is -1.55. The van der Waals surface area contributed by atoms with Gasteiger partial charge in [0.1, 0.15) is 5.54 Å². The van der Waals surface area contributed by atoms with E-state index in [-0.39, 0.29) is 5.91 Å². The Morgan fingerprint density at radius 3 is 2.70 bits per heavy atom. The second-order valence-corrected chi connectivity index (χ2v) is 6.34. The Bertz CT molecular complexity index is 526. The highest BCUT2D eigenvalue weighted by Gasteiger charge is 2.50. The highest BCUT2D eigenvalue weighted by atomic mass is 16.1. The van der Waals surface area contributed by atoms with Gasteiger partial charge in [-0.25, -0.2) is 0 Å².